The molecular weight excluding hydrogens is 184 g/mol. The van der Waals surface area contributed by atoms with E-state index < -0.39 is 0 Å². The molecule has 1 aromatic rings. The molecule has 1 aliphatic carbocycles. The van der Waals surface area contributed by atoms with Crippen LogP contribution < -0.4 is 0 Å². The van der Waals surface area contributed by atoms with E-state index in [9.17, 15) is 5.11 Å². The Morgan fingerprint density at radius 2 is 1.73 bits per heavy atom. The van der Waals surface area contributed by atoms with Gasteiger partial charge in [0.15, 0.2) is 0 Å². The molecule has 0 bridgehead atoms. The van der Waals surface area contributed by atoms with Gasteiger partial charge in [0.1, 0.15) is 0 Å². The molecule has 0 aromatic heterocycles. The molecular formula is C14H16O. The van der Waals surface area contributed by atoms with Crippen molar-refractivity contribution < 1.29 is 5.11 Å². The maximum Gasteiger partial charge on any atom is 0.0931 e. The zero-order valence-electron chi connectivity index (χ0n) is 9.20. The van der Waals surface area contributed by atoms with Crippen LogP contribution in [-0.2, 0) is 0 Å². The Balaban J connectivity index is 2.45. The van der Waals surface area contributed by atoms with Crippen molar-refractivity contribution in [3.63, 3.8) is 0 Å². The van der Waals surface area contributed by atoms with Crippen LogP contribution in [0.5, 0.6) is 0 Å². The van der Waals surface area contributed by atoms with E-state index >= 15 is 0 Å². The molecule has 0 atom stereocenters. The van der Waals surface area contributed by atoms with Crippen molar-refractivity contribution in [3.05, 3.63) is 53.8 Å². The summed E-state index contributed by atoms with van der Waals surface area (Å²) in [6.07, 6.45) is 4.54. The lowest BCUT2D eigenvalue weighted by atomic mass is 9.75. The Bertz CT molecular complexity index is 410. The SMILES string of the molecule is CC1(C)CC(O)=CC=C1c1ccccc1. The number of benzene rings is 1. The van der Waals surface area contributed by atoms with Crippen LogP contribution in [-0.4, -0.2) is 5.11 Å². The molecule has 0 fully saturated rings. The monoisotopic (exact) mass is 200 g/mol. The van der Waals surface area contributed by atoms with Crippen molar-refractivity contribution >= 4 is 5.57 Å². The minimum absolute atomic E-state index is 0.0141. The molecule has 1 heteroatoms. The summed E-state index contributed by atoms with van der Waals surface area (Å²) in [4.78, 5) is 0. The molecule has 2 rings (SSSR count). The van der Waals surface area contributed by atoms with Crippen LogP contribution in [0, 0.1) is 5.41 Å². The second-order valence-electron chi connectivity index (χ2n) is 4.67. The standard InChI is InChI=1S/C14H16O/c1-14(2)10-12(15)8-9-13(14)11-6-4-3-5-7-11/h3-9,15H,10H2,1-2H3. The average Bonchev–Trinajstić information content (AvgIpc) is 2.17. The maximum absolute atomic E-state index is 9.53. The van der Waals surface area contributed by atoms with E-state index in [1.54, 1.807) is 6.08 Å². The highest BCUT2D eigenvalue weighted by molar-refractivity contribution is 5.72. The van der Waals surface area contributed by atoms with E-state index in [1.807, 2.05) is 24.3 Å². The van der Waals surface area contributed by atoms with E-state index in [0.29, 0.717) is 12.2 Å². The van der Waals surface area contributed by atoms with Gasteiger partial charge in [0.25, 0.3) is 0 Å². The molecule has 1 N–H and O–H groups in total. The highest BCUT2D eigenvalue weighted by Crippen LogP contribution is 2.41. The summed E-state index contributed by atoms with van der Waals surface area (Å²) in [7, 11) is 0. The normalized spacial score (nSPS) is 19.3. The lowest BCUT2D eigenvalue weighted by molar-refractivity contribution is 0.331. The van der Waals surface area contributed by atoms with Crippen LogP contribution in [0.4, 0.5) is 0 Å². The molecule has 1 aromatic carbocycles. The largest absolute Gasteiger partial charge is 0.512 e. The van der Waals surface area contributed by atoms with Crippen molar-refractivity contribution in [2.24, 2.45) is 5.41 Å². The minimum atomic E-state index is 0.0141. The van der Waals surface area contributed by atoms with Crippen molar-refractivity contribution in [3.8, 4) is 0 Å². The summed E-state index contributed by atoms with van der Waals surface area (Å²) in [6.45, 7) is 4.32. The van der Waals surface area contributed by atoms with E-state index in [0.717, 1.165) is 0 Å². The summed E-state index contributed by atoms with van der Waals surface area (Å²) < 4.78 is 0. The first-order chi connectivity index (χ1) is 7.09. The first-order valence-corrected chi connectivity index (χ1v) is 5.25. The summed E-state index contributed by atoms with van der Waals surface area (Å²) >= 11 is 0. The van der Waals surface area contributed by atoms with Gasteiger partial charge in [-0.2, -0.15) is 0 Å². The topological polar surface area (TPSA) is 20.2 Å². The maximum atomic E-state index is 9.53. The van der Waals surface area contributed by atoms with Crippen molar-refractivity contribution in [1.29, 1.82) is 0 Å². The van der Waals surface area contributed by atoms with Gasteiger partial charge in [0, 0.05) is 6.42 Å². The molecule has 0 heterocycles. The van der Waals surface area contributed by atoms with E-state index in [-0.39, 0.29) is 5.41 Å². The third kappa shape index (κ3) is 1.96. The first-order valence-electron chi connectivity index (χ1n) is 5.25. The molecule has 0 radical (unpaired) electrons. The third-order valence-electron chi connectivity index (χ3n) is 2.88. The van der Waals surface area contributed by atoms with Gasteiger partial charge in [0.05, 0.1) is 5.76 Å². The van der Waals surface area contributed by atoms with Gasteiger partial charge < -0.3 is 5.11 Å². The first kappa shape index (κ1) is 10.0. The Kier molecular flexibility index (Phi) is 2.39. The van der Waals surface area contributed by atoms with Crippen molar-refractivity contribution in [1.82, 2.24) is 0 Å². The quantitative estimate of drug-likeness (QED) is 0.728. The molecule has 1 nitrogen and oxygen atoms in total. The number of allylic oxidation sites excluding steroid dienone is 4. The summed E-state index contributed by atoms with van der Waals surface area (Å²) in [5.41, 5.74) is 2.55. The van der Waals surface area contributed by atoms with Gasteiger partial charge in [-0.3, -0.25) is 0 Å². The molecule has 1 aliphatic rings. The molecule has 0 saturated carbocycles. The molecule has 0 unspecified atom stereocenters. The molecule has 78 valence electrons. The Hall–Kier alpha value is -1.50. The lowest BCUT2D eigenvalue weighted by Gasteiger charge is -2.30. The highest BCUT2D eigenvalue weighted by Gasteiger charge is 2.27. The third-order valence-corrected chi connectivity index (χ3v) is 2.88. The van der Waals surface area contributed by atoms with Crippen LogP contribution in [0.3, 0.4) is 0 Å². The van der Waals surface area contributed by atoms with Crippen LogP contribution in [0.2, 0.25) is 0 Å². The van der Waals surface area contributed by atoms with Crippen molar-refractivity contribution in [2.75, 3.05) is 0 Å². The fourth-order valence-corrected chi connectivity index (χ4v) is 2.12. The number of hydrogen-bond donors (Lipinski definition) is 1. The fraction of sp³-hybridized carbons (Fsp3) is 0.286. The number of hydrogen-bond acceptors (Lipinski definition) is 1. The molecule has 0 spiro atoms. The van der Waals surface area contributed by atoms with Gasteiger partial charge in [-0.1, -0.05) is 50.3 Å². The smallest absolute Gasteiger partial charge is 0.0931 e. The predicted octanol–water partition coefficient (Wildman–Crippen LogP) is 3.94. The number of aliphatic hydroxyl groups excluding tert-OH is 1. The van der Waals surface area contributed by atoms with Crippen LogP contribution in [0.25, 0.3) is 5.57 Å². The molecule has 0 amide bonds. The number of rotatable bonds is 1. The molecule has 15 heavy (non-hydrogen) atoms. The van der Waals surface area contributed by atoms with Gasteiger partial charge >= 0.3 is 0 Å². The van der Waals surface area contributed by atoms with Crippen LogP contribution in [0.1, 0.15) is 25.8 Å². The average molecular weight is 200 g/mol. The zero-order valence-corrected chi connectivity index (χ0v) is 9.20. The van der Waals surface area contributed by atoms with Crippen LogP contribution >= 0.6 is 0 Å². The van der Waals surface area contributed by atoms with Gasteiger partial charge in [-0.25, -0.2) is 0 Å². The second kappa shape index (κ2) is 3.58. The van der Waals surface area contributed by atoms with E-state index in [2.05, 4.69) is 26.0 Å². The summed E-state index contributed by atoms with van der Waals surface area (Å²) in [6, 6.07) is 10.3. The Morgan fingerprint density at radius 3 is 2.33 bits per heavy atom. The van der Waals surface area contributed by atoms with E-state index in [4.69, 9.17) is 0 Å². The van der Waals surface area contributed by atoms with Crippen molar-refractivity contribution in [2.45, 2.75) is 20.3 Å². The molecule has 0 saturated heterocycles. The van der Waals surface area contributed by atoms with Gasteiger partial charge in [0.2, 0.25) is 0 Å². The highest BCUT2D eigenvalue weighted by atomic mass is 16.3. The minimum Gasteiger partial charge on any atom is -0.512 e. The summed E-state index contributed by atoms with van der Waals surface area (Å²) in [5, 5.41) is 9.53. The second-order valence-corrected chi connectivity index (χ2v) is 4.67. The Labute approximate surface area is 90.8 Å². The van der Waals surface area contributed by atoms with Crippen LogP contribution in [0.15, 0.2) is 48.2 Å². The lowest BCUT2D eigenvalue weighted by Crippen LogP contribution is -2.17. The summed E-state index contributed by atoms with van der Waals surface area (Å²) in [5.74, 6) is 0.472. The predicted molar refractivity (Wildman–Crippen MR) is 63.5 cm³/mol. The molecule has 0 aliphatic heterocycles. The number of aliphatic hydroxyl groups is 1. The van der Waals surface area contributed by atoms with Gasteiger partial charge in [-0.05, 0) is 22.6 Å². The van der Waals surface area contributed by atoms with E-state index in [1.165, 1.54) is 11.1 Å². The van der Waals surface area contributed by atoms with Gasteiger partial charge in [-0.15, -0.1) is 0 Å². The fourth-order valence-electron chi connectivity index (χ4n) is 2.12. The Morgan fingerprint density at radius 1 is 1.07 bits per heavy atom. The zero-order chi connectivity index (χ0) is 10.9.